The van der Waals surface area contributed by atoms with E-state index in [1.165, 1.54) is 14.7 Å². The second kappa shape index (κ2) is 6.57. The van der Waals surface area contributed by atoms with Crippen molar-refractivity contribution in [2.75, 3.05) is 26.7 Å². The standard InChI is InChI=1S/C15H25N3O2S2/c1-12(18-7-5-15-14(11-18)6-8-21-15)9-16-22(19,20)17(2)10-13-3-4-13/h6,8,12-13,16H,3-5,7,9-11H2,1-2H3/t12-/m0/s1. The summed E-state index contributed by atoms with van der Waals surface area (Å²) in [4.78, 5) is 3.84. The summed E-state index contributed by atoms with van der Waals surface area (Å²) >= 11 is 1.83. The molecule has 124 valence electrons. The highest BCUT2D eigenvalue weighted by Gasteiger charge is 2.29. The molecule has 2 heterocycles. The van der Waals surface area contributed by atoms with Crippen LogP contribution in [0, 0.1) is 5.92 Å². The smallest absolute Gasteiger partial charge is 0.279 e. The zero-order chi connectivity index (χ0) is 15.7. The molecule has 22 heavy (non-hydrogen) atoms. The van der Waals surface area contributed by atoms with Gasteiger partial charge in [-0.3, -0.25) is 4.90 Å². The van der Waals surface area contributed by atoms with Gasteiger partial charge in [0.2, 0.25) is 0 Å². The van der Waals surface area contributed by atoms with E-state index in [4.69, 9.17) is 0 Å². The highest BCUT2D eigenvalue weighted by Crippen LogP contribution is 2.29. The van der Waals surface area contributed by atoms with Crippen molar-refractivity contribution in [1.29, 1.82) is 0 Å². The van der Waals surface area contributed by atoms with Crippen LogP contribution in [-0.4, -0.2) is 50.3 Å². The van der Waals surface area contributed by atoms with Gasteiger partial charge in [-0.25, -0.2) is 4.72 Å². The summed E-state index contributed by atoms with van der Waals surface area (Å²) < 4.78 is 28.7. The second-order valence-electron chi connectivity index (χ2n) is 6.52. The Kier molecular flexibility index (Phi) is 4.89. The predicted octanol–water partition coefficient (Wildman–Crippen LogP) is 1.67. The third kappa shape index (κ3) is 3.89. The molecule has 0 spiro atoms. The molecule has 0 radical (unpaired) electrons. The van der Waals surface area contributed by atoms with Gasteiger partial charge in [-0.1, -0.05) is 0 Å². The summed E-state index contributed by atoms with van der Waals surface area (Å²) in [6.45, 7) is 5.15. The fraction of sp³-hybridized carbons (Fsp3) is 0.733. The second-order valence-corrected chi connectivity index (χ2v) is 9.38. The molecule has 0 aromatic carbocycles. The molecule has 1 saturated carbocycles. The van der Waals surface area contributed by atoms with Gasteiger partial charge in [0.1, 0.15) is 0 Å². The highest BCUT2D eigenvalue weighted by atomic mass is 32.2. The van der Waals surface area contributed by atoms with E-state index in [1.54, 1.807) is 7.05 Å². The molecule has 0 bridgehead atoms. The molecule has 5 nitrogen and oxygen atoms in total. The van der Waals surface area contributed by atoms with Crippen molar-refractivity contribution < 1.29 is 8.42 Å². The van der Waals surface area contributed by atoms with Crippen molar-refractivity contribution in [3.8, 4) is 0 Å². The first-order chi connectivity index (χ1) is 10.5. The Morgan fingerprint density at radius 1 is 1.50 bits per heavy atom. The van der Waals surface area contributed by atoms with Gasteiger partial charge in [-0.15, -0.1) is 11.3 Å². The van der Waals surface area contributed by atoms with Gasteiger partial charge in [-0.2, -0.15) is 12.7 Å². The molecule has 1 fully saturated rings. The molecule has 1 aromatic heterocycles. The topological polar surface area (TPSA) is 52.7 Å². The number of hydrogen-bond donors (Lipinski definition) is 1. The van der Waals surface area contributed by atoms with Crippen LogP contribution in [0.1, 0.15) is 30.2 Å². The fourth-order valence-electron chi connectivity index (χ4n) is 2.87. The first kappa shape index (κ1) is 16.4. The Morgan fingerprint density at radius 3 is 3.00 bits per heavy atom. The van der Waals surface area contributed by atoms with Gasteiger partial charge >= 0.3 is 0 Å². The molecular weight excluding hydrogens is 318 g/mol. The summed E-state index contributed by atoms with van der Waals surface area (Å²) in [6.07, 6.45) is 3.39. The van der Waals surface area contributed by atoms with Gasteiger partial charge < -0.3 is 0 Å². The maximum atomic E-state index is 12.2. The van der Waals surface area contributed by atoms with Crippen LogP contribution in [0.4, 0.5) is 0 Å². The van der Waals surface area contributed by atoms with Crippen molar-refractivity contribution >= 4 is 21.5 Å². The minimum atomic E-state index is -3.34. The Balaban J connectivity index is 1.50. The summed E-state index contributed by atoms with van der Waals surface area (Å²) in [7, 11) is -1.67. The van der Waals surface area contributed by atoms with E-state index in [0.29, 0.717) is 19.0 Å². The molecule has 7 heteroatoms. The van der Waals surface area contributed by atoms with Crippen LogP contribution in [0.2, 0.25) is 0 Å². The number of rotatable bonds is 7. The maximum absolute atomic E-state index is 12.2. The Morgan fingerprint density at radius 2 is 2.27 bits per heavy atom. The van der Waals surface area contributed by atoms with Crippen LogP contribution in [-0.2, 0) is 23.2 Å². The largest absolute Gasteiger partial charge is 0.295 e. The van der Waals surface area contributed by atoms with Crippen LogP contribution in [0.3, 0.4) is 0 Å². The SMILES string of the molecule is C[C@@H](CNS(=O)(=O)N(C)CC1CC1)N1CCc2sccc2C1. The van der Waals surface area contributed by atoms with Crippen LogP contribution >= 0.6 is 11.3 Å². The molecular formula is C15H25N3O2S2. The monoisotopic (exact) mass is 343 g/mol. The summed E-state index contributed by atoms with van der Waals surface area (Å²) in [5, 5.41) is 2.15. The van der Waals surface area contributed by atoms with Crippen molar-refractivity contribution in [3.05, 3.63) is 21.9 Å². The lowest BCUT2D eigenvalue weighted by Gasteiger charge is -2.32. The number of fused-ring (bicyclic) bond motifs is 1. The number of thiophene rings is 1. The van der Waals surface area contributed by atoms with Crippen molar-refractivity contribution in [3.63, 3.8) is 0 Å². The van der Waals surface area contributed by atoms with Gasteiger partial charge in [0.25, 0.3) is 10.2 Å². The molecule has 0 unspecified atom stereocenters. The molecule has 1 aliphatic heterocycles. The minimum Gasteiger partial charge on any atom is -0.295 e. The number of hydrogen-bond acceptors (Lipinski definition) is 4. The molecule has 0 amide bonds. The summed E-state index contributed by atoms with van der Waals surface area (Å²) in [5.41, 5.74) is 1.40. The maximum Gasteiger partial charge on any atom is 0.279 e. The normalized spacial score (nSPS) is 21.0. The van der Waals surface area contributed by atoms with E-state index in [2.05, 4.69) is 28.0 Å². The minimum absolute atomic E-state index is 0.206. The molecule has 0 saturated heterocycles. The molecule has 1 aliphatic carbocycles. The average molecular weight is 344 g/mol. The van der Waals surface area contributed by atoms with Gasteiger partial charge in [0, 0.05) is 44.1 Å². The molecule has 2 aliphatic rings. The molecule has 3 rings (SSSR count). The van der Waals surface area contributed by atoms with Gasteiger partial charge in [0.05, 0.1) is 0 Å². The lowest BCUT2D eigenvalue weighted by molar-refractivity contribution is 0.193. The van der Waals surface area contributed by atoms with Crippen LogP contribution in [0.15, 0.2) is 11.4 Å². The zero-order valence-electron chi connectivity index (χ0n) is 13.3. The Labute approximate surface area is 137 Å². The van der Waals surface area contributed by atoms with Crippen molar-refractivity contribution in [2.45, 2.75) is 38.8 Å². The van der Waals surface area contributed by atoms with E-state index in [1.807, 2.05) is 11.3 Å². The van der Waals surface area contributed by atoms with E-state index in [9.17, 15) is 8.42 Å². The predicted molar refractivity (Wildman–Crippen MR) is 90.2 cm³/mol. The number of nitrogens with zero attached hydrogens (tertiary/aromatic N) is 2. The number of nitrogens with one attached hydrogen (secondary N) is 1. The lowest BCUT2D eigenvalue weighted by Crippen LogP contribution is -2.47. The van der Waals surface area contributed by atoms with Gasteiger partial charge in [0.15, 0.2) is 0 Å². The first-order valence-corrected chi connectivity index (χ1v) is 10.3. The first-order valence-electron chi connectivity index (χ1n) is 7.96. The van der Waals surface area contributed by atoms with Crippen LogP contribution < -0.4 is 4.72 Å². The van der Waals surface area contributed by atoms with Crippen LogP contribution in [0.5, 0.6) is 0 Å². The quantitative estimate of drug-likeness (QED) is 0.819. The third-order valence-corrected chi connectivity index (χ3v) is 7.17. The van der Waals surface area contributed by atoms with E-state index in [0.717, 1.165) is 32.4 Å². The van der Waals surface area contributed by atoms with E-state index >= 15 is 0 Å². The fourth-order valence-corrected chi connectivity index (χ4v) is 4.84. The zero-order valence-corrected chi connectivity index (χ0v) is 14.9. The Bertz CT molecular complexity index is 610. The Hall–Kier alpha value is -0.470. The third-order valence-electron chi connectivity index (χ3n) is 4.64. The van der Waals surface area contributed by atoms with Crippen molar-refractivity contribution in [2.24, 2.45) is 5.92 Å². The molecule has 1 N–H and O–H groups in total. The van der Waals surface area contributed by atoms with Crippen molar-refractivity contribution in [1.82, 2.24) is 13.9 Å². The van der Waals surface area contributed by atoms with Crippen LogP contribution in [0.25, 0.3) is 0 Å². The highest BCUT2D eigenvalue weighted by molar-refractivity contribution is 7.87. The van der Waals surface area contributed by atoms with E-state index < -0.39 is 10.2 Å². The summed E-state index contributed by atoms with van der Waals surface area (Å²) in [5.74, 6) is 0.568. The summed E-state index contributed by atoms with van der Waals surface area (Å²) in [6, 6.07) is 2.39. The lowest BCUT2D eigenvalue weighted by atomic mass is 10.1. The molecule has 1 aromatic rings. The van der Waals surface area contributed by atoms with Gasteiger partial charge in [-0.05, 0) is 49.1 Å². The molecule has 1 atom stereocenters. The van der Waals surface area contributed by atoms with E-state index in [-0.39, 0.29) is 6.04 Å². The average Bonchev–Trinajstić information content (AvgIpc) is 3.18.